The van der Waals surface area contributed by atoms with Crippen molar-refractivity contribution in [2.45, 2.75) is 57.2 Å². The molecule has 2 fully saturated rings. The summed E-state index contributed by atoms with van der Waals surface area (Å²) in [4.78, 5) is 22.6. The lowest BCUT2D eigenvalue weighted by molar-refractivity contribution is -0.158. The van der Waals surface area contributed by atoms with Gasteiger partial charge in [-0.15, -0.1) is 0 Å². The van der Waals surface area contributed by atoms with Crippen molar-refractivity contribution >= 4 is 11.9 Å². The first-order chi connectivity index (χ1) is 11.4. The number of rotatable bonds is 5. The maximum absolute atomic E-state index is 11.5. The van der Waals surface area contributed by atoms with Gasteiger partial charge in [0.15, 0.2) is 0 Å². The first-order valence-electron chi connectivity index (χ1n) is 8.36. The summed E-state index contributed by atoms with van der Waals surface area (Å²) in [6.07, 6.45) is 2.52. The molecule has 8 heteroatoms. The van der Waals surface area contributed by atoms with Crippen LogP contribution in [0.5, 0.6) is 0 Å². The average Bonchev–Trinajstić information content (AvgIpc) is 3.36. The summed E-state index contributed by atoms with van der Waals surface area (Å²) < 4.78 is 9.87. The highest BCUT2D eigenvalue weighted by Crippen LogP contribution is 2.51. The monoisotopic (exact) mass is 348 g/mol. The Labute approximate surface area is 141 Å². The third-order valence-corrected chi connectivity index (χ3v) is 4.19. The summed E-state index contributed by atoms with van der Waals surface area (Å²) in [5, 5.41) is 34.3. The van der Waals surface area contributed by atoms with Crippen LogP contribution in [-0.4, -0.2) is 71.0 Å². The van der Waals surface area contributed by atoms with Crippen LogP contribution >= 0.6 is 0 Å². The zero-order valence-corrected chi connectivity index (χ0v) is 13.9. The highest BCUT2D eigenvalue weighted by atomic mass is 16.6. The molecule has 1 spiro atoms. The van der Waals surface area contributed by atoms with E-state index in [0.717, 1.165) is 25.7 Å². The largest absolute Gasteiger partial charge is 0.462 e. The van der Waals surface area contributed by atoms with Gasteiger partial charge in [0.05, 0.1) is 18.1 Å². The van der Waals surface area contributed by atoms with Crippen LogP contribution < -0.4 is 0 Å². The van der Waals surface area contributed by atoms with Crippen LogP contribution in [0.15, 0.2) is 0 Å². The minimum Gasteiger partial charge on any atom is -0.462 e. The number of hydrogen-bond acceptors (Lipinski definition) is 8. The van der Waals surface area contributed by atoms with Gasteiger partial charge in [-0.05, 0) is 38.5 Å². The molecule has 0 radical (unpaired) electrons. The maximum Gasteiger partial charge on any atom is 0.312 e. The molecule has 2 aliphatic rings. The lowest BCUT2D eigenvalue weighted by Gasteiger charge is -2.16. The molecule has 1 aliphatic heterocycles. The quantitative estimate of drug-likeness (QED) is 0.489. The number of aliphatic hydroxyl groups is 4. The molecule has 0 amide bonds. The van der Waals surface area contributed by atoms with Crippen LogP contribution in [0.25, 0.3) is 0 Å². The lowest BCUT2D eigenvalue weighted by Crippen LogP contribution is -2.29. The van der Waals surface area contributed by atoms with Gasteiger partial charge in [-0.25, -0.2) is 0 Å². The van der Waals surface area contributed by atoms with Crippen molar-refractivity contribution in [3.05, 3.63) is 0 Å². The number of cyclic esters (lactones) is 2. The standard InChI is InChI=1S/C10H14O4.C6H14O4/c11-8-2-1-3-10(4-5-10)9(12)14-7-6-13-8;7-3-1-2-5(9)6(10)4-8/h1-7H2;5-10H,1-4H2. The molecule has 0 aromatic carbocycles. The van der Waals surface area contributed by atoms with E-state index in [1.165, 1.54) is 0 Å². The fourth-order valence-corrected chi connectivity index (χ4v) is 2.41. The fraction of sp³-hybridized carbons (Fsp3) is 0.875. The highest BCUT2D eigenvalue weighted by Gasteiger charge is 2.50. The number of carbonyl (C=O) groups is 2. The van der Waals surface area contributed by atoms with Crippen LogP contribution in [0.1, 0.15) is 44.9 Å². The van der Waals surface area contributed by atoms with Crippen LogP contribution in [0.2, 0.25) is 0 Å². The van der Waals surface area contributed by atoms with Crippen molar-refractivity contribution in [1.29, 1.82) is 0 Å². The molecular formula is C16H28O8. The first kappa shape index (κ1) is 20.8. The number of aliphatic hydroxyl groups excluding tert-OH is 4. The Morgan fingerprint density at radius 2 is 1.67 bits per heavy atom. The van der Waals surface area contributed by atoms with Gasteiger partial charge < -0.3 is 29.9 Å². The number of hydrogen-bond donors (Lipinski definition) is 4. The van der Waals surface area contributed by atoms with E-state index in [0.29, 0.717) is 19.3 Å². The predicted octanol–water partition coefficient (Wildman–Crippen LogP) is -0.490. The summed E-state index contributed by atoms with van der Waals surface area (Å²) in [7, 11) is 0. The van der Waals surface area contributed by atoms with Gasteiger partial charge in [0.2, 0.25) is 0 Å². The van der Waals surface area contributed by atoms with E-state index in [1.54, 1.807) is 0 Å². The third kappa shape index (κ3) is 7.12. The van der Waals surface area contributed by atoms with E-state index >= 15 is 0 Å². The number of carbonyl (C=O) groups excluding carboxylic acids is 2. The molecule has 1 saturated carbocycles. The molecular weight excluding hydrogens is 320 g/mol. The van der Waals surface area contributed by atoms with Crippen molar-refractivity contribution in [1.82, 2.24) is 0 Å². The summed E-state index contributed by atoms with van der Waals surface area (Å²) in [5.74, 6) is -0.283. The molecule has 1 saturated heterocycles. The molecule has 1 aliphatic carbocycles. The zero-order chi connectivity index (χ0) is 18.0. The minimum absolute atomic E-state index is 0.00475. The van der Waals surface area contributed by atoms with E-state index in [-0.39, 0.29) is 37.2 Å². The van der Waals surface area contributed by atoms with E-state index in [1.807, 2.05) is 0 Å². The second-order valence-corrected chi connectivity index (χ2v) is 6.17. The molecule has 2 unspecified atom stereocenters. The minimum atomic E-state index is -1.08. The molecule has 8 nitrogen and oxygen atoms in total. The third-order valence-electron chi connectivity index (χ3n) is 4.19. The topological polar surface area (TPSA) is 134 Å². The van der Waals surface area contributed by atoms with Gasteiger partial charge in [0, 0.05) is 13.0 Å². The molecule has 1 heterocycles. The summed E-state index contributed by atoms with van der Waals surface area (Å²) >= 11 is 0. The Kier molecular flexibility index (Phi) is 9.20. The summed E-state index contributed by atoms with van der Waals surface area (Å²) in [5.41, 5.74) is -0.238. The van der Waals surface area contributed by atoms with Gasteiger partial charge >= 0.3 is 11.9 Å². The summed E-state index contributed by atoms with van der Waals surface area (Å²) in [6.45, 7) is -0.0468. The second-order valence-electron chi connectivity index (χ2n) is 6.17. The fourth-order valence-electron chi connectivity index (χ4n) is 2.41. The molecule has 140 valence electrons. The number of esters is 2. The highest BCUT2D eigenvalue weighted by molar-refractivity contribution is 5.80. The van der Waals surface area contributed by atoms with Crippen LogP contribution in [0.3, 0.4) is 0 Å². The van der Waals surface area contributed by atoms with Crippen molar-refractivity contribution in [2.24, 2.45) is 5.41 Å². The van der Waals surface area contributed by atoms with E-state index < -0.39 is 18.8 Å². The van der Waals surface area contributed by atoms with E-state index in [9.17, 15) is 9.59 Å². The molecule has 4 N–H and O–H groups in total. The van der Waals surface area contributed by atoms with Gasteiger partial charge in [0.25, 0.3) is 0 Å². The smallest absolute Gasteiger partial charge is 0.312 e. The Balaban J connectivity index is 0.000000257. The molecule has 24 heavy (non-hydrogen) atoms. The van der Waals surface area contributed by atoms with E-state index in [2.05, 4.69) is 0 Å². The lowest BCUT2D eigenvalue weighted by atomic mass is 9.99. The van der Waals surface area contributed by atoms with Gasteiger partial charge in [-0.1, -0.05) is 0 Å². The second kappa shape index (κ2) is 10.6. The molecule has 0 aromatic rings. The molecule has 2 rings (SSSR count). The van der Waals surface area contributed by atoms with Crippen LogP contribution in [0, 0.1) is 5.41 Å². The van der Waals surface area contributed by atoms with Crippen molar-refractivity contribution in [2.75, 3.05) is 26.4 Å². The number of ether oxygens (including phenoxy) is 2. The van der Waals surface area contributed by atoms with Gasteiger partial charge in [0.1, 0.15) is 19.3 Å². The van der Waals surface area contributed by atoms with Crippen molar-refractivity contribution < 1.29 is 39.5 Å². The average molecular weight is 348 g/mol. The maximum atomic E-state index is 11.5. The molecule has 2 atom stereocenters. The Morgan fingerprint density at radius 1 is 1.00 bits per heavy atom. The molecule has 0 aromatic heterocycles. The zero-order valence-electron chi connectivity index (χ0n) is 13.9. The predicted molar refractivity (Wildman–Crippen MR) is 82.9 cm³/mol. The Bertz CT molecular complexity index is 394. The first-order valence-corrected chi connectivity index (χ1v) is 8.36. The Hall–Kier alpha value is -1.22. The molecule has 0 bridgehead atoms. The summed E-state index contributed by atoms with van der Waals surface area (Å²) in [6, 6.07) is 0. The van der Waals surface area contributed by atoms with E-state index in [4.69, 9.17) is 29.9 Å². The van der Waals surface area contributed by atoms with Gasteiger partial charge in [-0.3, -0.25) is 9.59 Å². The normalized spacial score (nSPS) is 22.5. The SMILES string of the molecule is O=C1CCCC2(CC2)C(=O)OCCO1.OCCCC(O)C(O)CO. The Morgan fingerprint density at radius 3 is 2.25 bits per heavy atom. The van der Waals surface area contributed by atoms with Crippen molar-refractivity contribution in [3.8, 4) is 0 Å². The van der Waals surface area contributed by atoms with Crippen LogP contribution in [-0.2, 0) is 19.1 Å². The van der Waals surface area contributed by atoms with Crippen LogP contribution in [0.4, 0.5) is 0 Å². The van der Waals surface area contributed by atoms with Crippen molar-refractivity contribution in [3.63, 3.8) is 0 Å². The van der Waals surface area contributed by atoms with Gasteiger partial charge in [-0.2, -0.15) is 0 Å².